The van der Waals surface area contributed by atoms with Gasteiger partial charge in [-0.3, -0.25) is 4.79 Å². The van der Waals surface area contributed by atoms with Crippen molar-refractivity contribution in [3.63, 3.8) is 0 Å². The first kappa shape index (κ1) is 14.1. The van der Waals surface area contributed by atoms with Crippen molar-refractivity contribution in [3.8, 4) is 0 Å². The number of halogens is 2. The number of amides is 1. The Balaban J connectivity index is 2.79. The number of nitrogens with zero attached hydrogens (tertiary/aromatic N) is 1. The summed E-state index contributed by atoms with van der Waals surface area (Å²) in [6.07, 6.45) is 0.985. The number of carbonyl (C=O) groups excluding carboxylic acids is 1. The van der Waals surface area contributed by atoms with Crippen LogP contribution in [0.15, 0.2) is 16.9 Å². The lowest BCUT2D eigenvalue weighted by Gasteiger charge is -2.19. The fourth-order valence-electron chi connectivity index (χ4n) is 1.17. The van der Waals surface area contributed by atoms with Crippen LogP contribution in [0.3, 0.4) is 0 Å². The number of rotatable bonds is 4. The lowest BCUT2D eigenvalue weighted by Crippen LogP contribution is -2.38. The molecule has 2 atom stereocenters. The first-order valence-corrected chi connectivity index (χ1v) is 5.97. The van der Waals surface area contributed by atoms with Gasteiger partial charge < -0.3 is 10.4 Å². The normalized spacial score (nSPS) is 14.2. The highest BCUT2D eigenvalue weighted by molar-refractivity contribution is 9.10. The highest BCUT2D eigenvalue weighted by Crippen LogP contribution is 2.13. The summed E-state index contributed by atoms with van der Waals surface area (Å²) in [5, 5.41) is 11.6. The molecule has 17 heavy (non-hydrogen) atoms. The second-order valence-corrected chi connectivity index (χ2v) is 4.72. The molecule has 0 saturated heterocycles. The van der Waals surface area contributed by atoms with E-state index < -0.39 is 11.7 Å². The van der Waals surface area contributed by atoms with E-state index in [-0.39, 0.29) is 24.1 Å². The summed E-state index contributed by atoms with van der Waals surface area (Å²) in [6.45, 7) is 3.51. The fourth-order valence-corrected chi connectivity index (χ4v) is 1.50. The van der Waals surface area contributed by atoms with E-state index in [0.717, 1.165) is 6.20 Å². The van der Waals surface area contributed by atoms with Crippen LogP contribution in [0.25, 0.3) is 0 Å². The van der Waals surface area contributed by atoms with Crippen molar-refractivity contribution in [3.05, 3.63) is 28.2 Å². The molecule has 0 saturated carbocycles. The van der Waals surface area contributed by atoms with Crippen molar-refractivity contribution >= 4 is 21.8 Å². The third-order valence-electron chi connectivity index (χ3n) is 2.57. The Hall–Kier alpha value is -1.01. The number of aliphatic hydroxyl groups is 1. The minimum atomic E-state index is -0.672. The van der Waals surface area contributed by atoms with Gasteiger partial charge in [-0.2, -0.15) is 0 Å². The predicted molar refractivity (Wildman–Crippen MR) is 65.1 cm³/mol. The van der Waals surface area contributed by atoms with Crippen LogP contribution in [0.5, 0.6) is 0 Å². The van der Waals surface area contributed by atoms with Gasteiger partial charge in [0.1, 0.15) is 4.60 Å². The minimum Gasteiger partial charge on any atom is -0.396 e. The van der Waals surface area contributed by atoms with Crippen LogP contribution in [0.4, 0.5) is 4.39 Å². The number of aliphatic hydroxyl groups excluding tert-OH is 1. The van der Waals surface area contributed by atoms with Gasteiger partial charge >= 0.3 is 0 Å². The molecule has 1 aromatic heterocycles. The third-order valence-corrected chi connectivity index (χ3v) is 3.00. The van der Waals surface area contributed by atoms with Crippen LogP contribution in [0.1, 0.15) is 24.2 Å². The summed E-state index contributed by atoms with van der Waals surface area (Å²) in [4.78, 5) is 15.4. The maximum absolute atomic E-state index is 13.4. The Morgan fingerprint density at radius 1 is 1.65 bits per heavy atom. The number of pyridine rings is 1. The molecule has 0 aliphatic heterocycles. The summed E-state index contributed by atoms with van der Waals surface area (Å²) in [7, 11) is 0. The van der Waals surface area contributed by atoms with Crippen LogP contribution in [-0.2, 0) is 0 Å². The van der Waals surface area contributed by atoms with Gasteiger partial charge in [-0.25, -0.2) is 9.37 Å². The summed E-state index contributed by atoms with van der Waals surface area (Å²) in [6, 6.07) is 1.08. The van der Waals surface area contributed by atoms with E-state index in [1.807, 2.05) is 0 Å². The second-order valence-electron chi connectivity index (χ2n) is 3.91. The number of aromatic nitrogens is 1. The first-order valence-electron chi connectivity index (χ1n) is 5.18. The van der Waals surface area contributed by atoms with E-state index in [9.17, 15) is 9.18 Å². The molecule has 0 radical (unpaired) electrons. The summed E-state index contributed by atoms with van der Waals surface area (Å²) in [5.41, 5.74) is -0.0659. The van der Waals surface area contributed by atoms with Gasteiger partial charge in [0.05, 0.1) is 11.8 Å². The Morgan fingerprint density at radius 3 is 2.88 bits per heavy atom. The average molecular weight is 305 g/mol. The molecule has 0 spiro atoms. The molecular formula is C11H14BrFN2O2. The molecule has 1 amide bonds. The number of hydrogen-bond acceptors (Lipinski definition) is 3. The molecule has 0 bridgehead atoms. The summed E-state index contributed by atoms with van der Waals surface area (Å²) in [5.74, 6) is -1.28. The Bertz CT molecular complexity index is 414. The maximum atomic E-state index is 13.4. The van der Waals surface area contributed by atoms with Gasteiger partial charge in [-0.15, -0.1) is 0 Å². The quantitative estimate of drug-likeness (QED) is 0.833. The summed E-state index contributed by atoms with van der Waals surface area (Å²) >= 11 is 3.08. The van der Waals surface area contributed by atoms with Crippen molar-refractivity contribution in [1.29, 1.82) is 0 Å². The van der Waals surface area contributed by atoms with Gasteiger partial charge in [0.25, 0.3) is 5.91 Å². The second kappa shape index (κ2) is 6.07. The van der Waals surface area contributed by atoms with E-state index >= 15 is 0 Å². The molecule has 0 aliphatic rings. The van der Waals surface area contributed by atoms with E-state index in [2.05, 4.69) is 26.2 Å². The van der Waals surface area contributed by atoms with E-state index in [1.54, 1.807) is 13.8 Å². The first-order chi connectivity index (χ1) is 7.95. The molecule has 1 heterocycles. The van der Waals surface area contributed by atoms with E-state index in [4.69, 9.17) is 5.11 Å². The van der Waals surface area contributed by atoms with Crippen LogP contribution in [0.2, 0.25) is 0 Å². The molecule has 94 valence electrons. The van der Waals surface area contributed by atoms with Crippen molar-refractivity contribution < 1.29 is 14.3 Å². The zero-order valence-electron chi connectivity index (χ0n) is 9.58. The van der Waals surface area contributed by atoms with Crippen LogP contribution < -0.4 is 5.32 Å². The minimum absolute atomic E-state index is 0.0377. The van der Waals surface area contributed by atoms with Crippen LogP contribution >= 0.6 is 15.9 Å². The molecule has 1 rings (SSSR count). The highest BCUT2D eigenvalue weighted by atomic mass is 79.9. The highest BCUT2D eigenvalue weighted by Gasteiger charge is 2.18. The standard InChI is InChI=1S/C11H14BrFN2O2/c1-6(5-16)7(2)15-11(17)8-3-10(12)14-4-9(8)13/h3-4,6-7,16H,5H2,1-2H3,(H,15,17). The monoisotopic (exact) mass is 304 g/mol. The molecular weight excluding hydrogens is 291 g/mol. The number of nitrogens with one attached hydrogen (secondary N) is 1. The SMILES string of the molecule is CC(CO)C(C)NC(=O)c1cc(Br)ncc1F. The molecule has 0 aromatic carbocycles. The Kier molecular flexibility index (Phi) is 5.02. The van der Waals surface area contributed by atoms with Gasteiger partial charge in [0.15, 0.2) is 5.82 Å². The van der Waals surface area contributed by atoms with E-state index in [0.29, 0.717) is 4.60 Å². The topological polar surface area (TPSA) is 62.2 Å². The predicted octanol–water partition coefficient (Wildman–Crippen LogP) is 1.73. The van der Waals surface area contributed by atoms with Crippen molar-refractivity contribution in [2.45, 2.75) is 19.9 Å². The number of hydrogen-bond donors (Lipinski definition) is 2. The lowest BCUT2D eigenvalue weighted by molar-refractivity contribution is 0.0912. The van der Waals surface area contributed by atoms with Crippen LogP contribution in [0, 0.1) is 11.7 Å². The lowest BCUT2D eigenvalue weighted by atomic mass is 10.0. The zero-order chi connectivity index (χ0) is 13.0. The molecule has 1 aromatic rings. The van der Waals surface area contributed by atoms with Crippen molar-refractivity contribution in [2.75, 3.05) is 6.61 Å². The molecule has 4 nitrogen and oxygen atoms in total. The van der Waals surface area contributed by atoms with E-state index in [1.165, 1.54) is 6.07 Å². The average Bonchev–Trinajstić information content (AvgIpc) is 2.30. The van der Waals surface area contributed by atoms with Gasteiger partial charge in [0, 0.05) is 12.6 Å². The van der Waals surface area contributed by atoms with Gasteiger partial charge in [-0.05, 0) is 34.8 Å². The van der Waals surface area contributed by atoms with Gasteiger partial charge in [0.2, 0.25) is 0 Å². The zero-order valence-corrected chi connectivity index (χ0v) is 11.2. The summed E-state index contributed by atoms with van der Waals surface area (Å²) < 4.78 is 13.8. The Labute approximate surface area is 107 Å². The molecule has 2 N–H and O–H groups in total. The number of carbonyl (C=O) groups is 1. The fraction of sp³-hybridized carbons (Fsp3) is 0.455. The third kappa shape index (κ3) is 3.74. The molecule has 0 aliphatic carbocycles. The molecule has 0 fully saturated rings. The van der Waals surface area contributed by atoms with Crippen LogP contribution in [-0.4, -0.2) is 28.6 Å². The van der Waals surface area contributed by atoms with Crippen molar-refractivity contribution in [2.24, 2.45) is 5.92 Å². The smallest absolute Gasteiger partial charge is 0.254 e. The Morgan fingerprint density at radius 2 is 2.29 bits per heavy atom. The maximum Gasteiger partial charge on any atom is 0.254 e. The van der Waals surface area contributed by atoms with Gasteiger partial charge in [-0.1, -0.05) is 6.92 Å². The molecule has 6 heteroatoms. The largest absolute Gasteiger partial charge is 0.396 e. The molecule has 2 unspecified atom stereocenters. The van der Waals surface area contributed by atoms with Crippen molar-refractivity contribution in [1.82, 2.24) is 10.3 Å².